The fraction of sp³-hybridized carbons (Fsp3) is 0.273. The molecule has 0 radical (unpaired) electrons. The zero-order chi connectivity index (χ0) is 11.9. The number of hydrogen-bond donors (Lipinski definition) is 2. The first-order valence-electron chi connectivity index (χ1n) is 4.95. The van der Waals surface area contributed by atoms with Crippen LogP contribution in [0.3, 0.4) is 0 Å². The van der Waals surface area contributed by atoms with Crippen LogP contribution in [0.4, 0.5) is 0 Å². The predicted molar refractivity (Wildman–Crippen MR) is 61.7 cm³/mol. The summed E-state index contributed by atoms with van der Waals surface area (Å²) in [4.78, 5) is 25.7. The second-order valence-electron chi connectivity index (χ2n) is 3.77. The number of aromatic amines is 1. The molecule has 2 rings (SSSR count). The number of carbonyl (C=O) groups is 1. The molecule has 0 aromatic carbocycles. The second kappa shape index (κ2) is 3.52. The van der Waals surface area contributed by atoms with Gasteiger partial charge in [-0.1, -0.05) is 0 Å². The summed E-state index contributed by atoms with van der Waals surface area (Å²) in [5, 5.41) is 3.32. The van der Waals surface area contributed by atoms with Crippen LogP contribution in [0, 0.1) is 6.92 Å². The number of aromatic nitrogens is 2. The van der Waals surface area contributed by atoms with Gasteiger partial charge >= 0.3 is 0 Å². The molecule has 0 aliphatic rings. The minimum atomic E-state index is -0.288. The molecule has 2 aromatic heterocycles. The van der Waals surface area contributed by atoms with Crippen LogP contribution in [-0.2, 0) is 7.05 Å². The van der Waals surface area contributed by atoms with Crippen LogP contribution in [0.15, 0.2) is 17.1 Å². The lowest BCUT2D eigenvalue weighted by molar-refractivity contribution is 0.0959. The number of aryl methyl sites for hydroxylation is 2. The molecule has 0 unspecified atom stereocenters. The lowest BCUT2D eigenvalue weighted by atomic mass is 10.2. The number of pyridine rings is 1. The number of amides is 1. The maximum absolute atomic E-state index is 11.6. The molecule has 2 heterocycles. The fourth-order valence-corrected chi connectivity index (χ4v) is 1.93. The number of carbonyl (C=O) groups excluding carboxylic acids is 1. The van der Waals surface area contributed by atoms with Crippen LogP contribution >= 0.6 is 0 Å². The molecule has 2 aromatic rings. The lowest BCUT2D eigenvalue weighted by Crippen LogP contribution is -2.23. The third kappa shape index (κ3) is 1.41. The summed E-state index contributed by atoms with van der Waals surface area (Å²) in [5.41, 5.74) is 1.77. The minimum Gasteiger partial charge on any atom is -0.354 e. The predicted octanol–water partition coefficient (Wildman–Crippen LogP) is 0.535. The second-order valence-corrected chi connectivity index (χ2v) is 3.77. The van der Waals surface area contributed by atoms with E-state index in [0.717, 1.165) is 16.5 Å². The quantitative estimate of drug-likeness (QED) is 0.735. The molecule has 0 saturated heterocycles. The summed E-state index contributed by atoms with van der Waals surface area (Å²) in [6.07, 6.45) is 1.89. The van der Waals surface area contributed by atoms with Crippen molar-refractivity contribution in [3.05, 3.63) is 33.9 Å². The van der Waals surface area contributed by atoms with Crippen molar-refractivity contribution in [2.75, 3.05) is 7.05 Å². The summed E-state index contributed by atoms with van der Waals surface area (Å²) in [6, 6.07) is 1.51. The third-order valence-electron chi connectivity index (χ3n) is 2.63. The highest BCUT2D eigenvalue weighted by atomic mass is 16.2. The molecule has 0 saturated carbocycles. The number of nitrogens with zero attached hydrogens (tertiary/aromatic N) is 1. The van der Waals surface area contributed by atoms with Crippen molar-refractivity contribution >= 4 is 16.8 Å². The first kappa shape index (κ1) is 10.5. The average molecular weight is 219 g/mol. The monoisotopic (exact) mass is 219 g/mol. The van der Waals surface area contributed by atoms with Gasteiger partial charge in [0.05, 0.1) is 5.52 Å². The third-order valence-corrected chi connectivity index (χ3v) is 2.63. The molecule has 0 aliphatic heterocycles. The normalized spacial score (nSPS) is 10.7. The highest BCUT2D eigenvalue weighted by Crippen LogP contribution is 2.20. The number of hydrogen-bond acceptors (Lipinski definition) is 2. The Bertz CT molecular complexity index is 622. The van der Waals surface area contributed by atoms with E-state index in [9.17, 15) is 9.59 Å². The Morgan fingerprint density at radius 3 is 2.81 bits per heavy atom. The molecule has 0 bridgehead atoms. The van der Waals surface area contributed by atoms with E-state index in [1.54, 1.807) is 0 Å². The molecule has 5 nitrogen and oxygen atoms in total. The molecular weight excluding hydrogens is 206 g/mol. The Kier molecular flexibility index (Phi) is 2.30. The molecule has 0 aliphatic carbocycles. The summed E-state index contributed by atoms with van der Waals surface area (Å²) >= 11 is 0. The number of rotatable bonds is 1. The largest absolute Gasteiger partial charge is 0.354 e. The van der Waals surface area contributed by atoms with E-state index in [1.807, 2.05) is 24.7 Å². The van der Waals surface area contributed by atoms with E-state index in [1.165, 1.54) is 13.1 Å². The van der Waals surface area contributed by atoms with E-state index in [0.29, 0.717) is 5.69 Å². The topological polar surface area (TPSA) is 66.9 Å². The smallest absolute Gasteiger partial charge is 0.269 e. The average Bonchev–Trinajstić information content (AvgIpc) is 2.52. The van der Waals surface area contributed by atoms with Gasteiger partial charge in [0.2, 0.25) is 5.56 Å². The van der Waals surface area contributed by atoms with Gasteiger partial charge < -0.3 is 14.9 Å². The van der Waals surface area contributed by atoms with Crippen LogP contribution in [0.25, 0.3) is 10.9 Å². The number of H-pyrrole nitrogens is 1. The van der Waals surface area contributed by atoms with Crippen LogP contribution in [-0.4, -0.2) is 22.5 Å². The first-order valence-corrected chi connectivity index (χ1v) is 4.95. The van der Waals surface area contributed by atoms with E-state index in [2.05, 4.69) is 10.3 Å². The SMILES string of the molecule is CNC(=O)c1[nH]c(=O)cc2c(C)cn(C)c12. The van der Waals surface area contributed by atoms with Gasteiger partial charge in [-0.05, 0) is 12.5 Å². The van der Waals surface area contributed by atoms with Crippen molar-refractivity contribution < 1.29 is 4.79 Å². The maximum atomic E-state index is 11.6. The Morgan fingerprint density at radius 1 is 1.50 bits per heavy atom. The zero-order valence-corrected chi connectivity index (χ0v) is 9.42. The zero-order valence-electron chi connectivity index (χ0n) is 9.42. The van der Waals surface area contributed by atoms with E-state index >= 15 is 0 Å². The van der Waals surface area contributed by atoms with Gasteiger partial charge in [-0.15, -0.1) is 0 Å². The molecular formula is C11H13N3O2. The molecule has 2 N–H and O–H groups in total. The van der Waals surface area contributed by atoms with Crippen LogP contribution < -0.4 is 10.9 Å². The summed E-state index contributed by atoms with van der Waals surface area (Å²) in [6.45, 7) is 1.91. The van der Waals surface area contributed by atoms with E-state index in [4.69, 9.17) is 0 Å². The van der Waals surface area contributed by atoms with Gasteiger partial charge in [0, 0.05) is 31.7 Å². The summed E-state index contributed by atoms with van der Waals surface area (Å²) in [7, 11) is 3.38. The van der Waals surface area contributed by atoms with Gasteiger partial charge in [0.1, 0.15) is 5.69 Å². The van der Waals surface area contributed by atoms with Gasteiger partial charge in [0.25, 0.3) is 5.91 Å². The standard InChI is InChI=1S/C11H13N3O2/c1-6-5-14(3)10-7(6)4-8(15)13-9(10)11(16)12-2/h4-5H,1-3H3,(H,12,16)(H,13,15). The molecule has 1 amide bonds. The number of fused-ring (bicyclic) bond motifs is 1. The van der Waals surface area contributed by atoms with Crippen molar-refractivity contribution in [3.63, 3.8) is 0 Å². The van der Waals surface area contributed by atoms with Crippen LogP contribution in [0.5, 0.6) is 0 Å². The van der Waals surface area contributed by atoms with Crippen LogP contribution in [0.2, 0.25) is 0 Å². The Morgan fingerprint density at radius 2 is 2.19 bits per heavy atom. The lowest BCUT2D eigenvalue weighted by Gasteiger charge is -2.04. The molecule has 0 spiro atoms. The molecule has 0 atom stereocenters. The molecule has 5 heteroatoms. The van der Waals surface area contributed by atoms with Crippen molar-refractivity contribution in [1.29, 1.82) is 0 Å². The molecule has 84 valence electrons. The Balaban J connectivity index is 2.92. The minimum absolute atomic E-state index is 0.264. The van der Waals surface area contributed by atoms with Crippen molar-refractivity contribution in [1.82, 2.24) is 14.9 Å². The van der Waals surface area contributed by atoms with Gasteiger partial charge in [-0.3, -0.25) is 9.59 Å². The fourth-order valence-electron chi connectivity index (χ4n) is 1.93. The van der Waals surface area contributed by atoms with Crippen molar-refractivity contribution in [2.45, 2.75) is 6.92 Å². The Hall–Kier alpha value is -2.04. The highest BCUT2D eigenvalue weighted by molar-refractivity contribution is 6.04. The van der Waals surface area contributed by atoms with E-state index < -0.39 is 0 Å². The summed E-state index contributed by atoms with van der Waals surface area (Å²) < 4.78 is 1.84. The maximum Gasteiger partial charge on any atom is 0.269 e. The van der Waals surface area contributed by atoms with Crippen LogP contribution in [0.1, 0.15) is 16.1 Å². The summed E-state index contributed by atoms with van der Waals surface area (Å²) in [5.74, 6) is -0.288. The van der Waals surface area contributed by atoms with E-state index in [-0.39, 0.29) is 11.5 Å². The van der Waals surface area contributed by atoms with Gasteiger partial charge in [0.15, 0.2) is 0 Å². The Labute approximate surface area is 92.1 Å². The number of nitrogens with one attached hydrogen (secondary N) is 2. The van der Waals surface area contributed by atoms with Gasteiger partial charge in [-0.2, -0.15) is 0 Å². The molecule has 0 fully saturated rings. The first-order chi connectivity index (χ1) is 7.54. The van der Waals surface area contributed by atoms with Crippen molar-refractivity contribution in [3.8, 4) is 0 Å². The highest BCUT2D eigenvalue weighted by Gasteiger charge is 2.14. The van der Waals surface area contributed by atoms with Crippen molar-refractivity contribution in [2.24, 2.45) is 7.05 Å². The van der Waals surface area contributed by atoms with Gasteiger partial charge in [-0.25, -0.2) is 0 Å². The molecule has 16 heavy (non-hydrogen) atoms.